The van der Waals surface area contributed by atoms with Crippen LogP contribution in [0.4, 0.5) is 5.13 Å². The van der Waals surface area contributed by atoms with Gasteiger partial charge in [0.2, 0.25) is 5.91 Å². The predicted octanol–water partition coefficient (Wildman–Crippen LogP) is 1.29. The second kappa shape index (κ2) is 7.10. The Kier molecular flexibility index (Phi) is 4.93. The zero-order valence-electron chi connectivity index (χ0n) is 13.5. The lowest BCUT2D eigenvalue weighted by Crippen LogP contribution is -3.08. The Morgan fingerprint density at radius 1 is 1.39 bits per heavy atom. The smallest absolute Gasteiger partial charge is 0.230 e. The maximum atomic E-state index is 12.2. The molecule has 23 heavy (non-hydrogen) atoms. The van der Waals surface area contributed by atoms with Gasteiger partial charge < -0.3 is 15.0 Å². The Labute approximate surface area is 140 Å². The van der Waals surface area contributed by atoms with Crippen LogP contribution in [0.5, 0.6) is 5.75 Å². The van der Waals surface area contributed by atoms with Crippen LogP contribution in [0.3, 0.4) is 0 Å². The fourth-order valence-corrected chi connectivity index (χ4v) is 3.82. The molecule has 0 fully saturated rings. The van der Waals surface area contributed by atoms with Crippen molar-refractivity contribution in [3.63, 3.8) is 0 Å². The maximum Gasteiger partial charge on any atom is 0.230 e. The molecule has 1 unspecified atom stereocenters. The number of carbonyl (C=O) groups is 1. The summed E-state index contributed by atoms with van der Waals surface area (Å²) in [6, 6.07) is 7.64. The van der Waals surface area contributed by atoms with Gasteiger partial charge in [0.1, 0.15) is 12.3 Å². The molecule has 0 radical (unpaired) electrons. The van der Waals surface area contributed by atoms with E-state index < -0.39 is 0 Å². The molecule has 1 aromatic heterocycles. The summed E-state index contributed by atoms with van der Waals surface area (Å²) in [6.45, 7) is 4.71. The van der Waals surface area contributed by atoms with E-state index in [0.29, 0.717) is 13.0 Å². The number of quaternary nitrogens is 1. The number of ether oxygens (including phenoxy) is 1. The Morgan fingerprint density at radius 2 is 2.17 bits per heavy atom. The number of benzene rings is 1. The summed E-state index contributed by atoms with van der Waals surface area (Å²) < 4.78 is 5.41. The molecule has 0 spiro atoms. The van der Waals surface area contributed by atoms with E-state index in [-0.39, 0.29) is 5.91 Å². The average Bonchev–Trinajstić information content (AvgIpc) is 2.90. The Balaban J connectivity index is 1.59. The van der Waals surface area contributed by atoms with E-state index >= 15 is 0 Å². The number of nitrogens with one attached hydrogen (secondary N) is 2. The third-order valence-corrected chi connectivity index (χ3v) is 4.89. The van der Waals surface area contributed by atoms with Gasteiger partial charge in [0.15, 0.2) is 5.13 Å². The molecule has 1 aliphatic rings. The lowest BCUT2D eigenvalue weighted by molar-refractivity contribution is -0.895. The van der Waals surface area contributed by atoms with Crippen molar-refractivity contribution in [2.24, 2.45) is 0 Å². The van der Waals surface area contributed by atoms with Crippen molar-refractivity contribution in [3.8, 4) is 5.75 Å². The largest absolute Gasteiger partial charge is 0.494 e. The predicted molar refractivity (Wildman–Crippen MR) is 91.2 cm³/mol. The van der Waals surface area contributed by atoms with E-state index in [1.54, 1.807) is 11.3 Å². The molecule has 2 aromatic rings. The van der Waals surface area contributed by atoms with Gasteiger partial charge in [-0.15, -0.1) is 0 Å². The third-order valence-electron chi connectivity index (χ3n) is 3.87. The Hall–Kier alpha value is -1.92. The number of rotatable bonds is 5. The van der Waals surface area contributed by atoms with Crippen molar-refractivity contribution in [3.05, 3.63) is 40.4 Å². The lowest BCUT2D eigenvalue weighted by Gasteiger charge is -2.17. The summed E-state index contributed by atoms with van der Waals surface area (Å²) in [7, 11) is 2.19. The van der Waals surface area contributed by atoms with Crippen LogP contribution in [0.15, 0.2) is 24.3 Å². The first-order chi connectivity index (χ1) is 11.1. The SMILES string of the molecule is CCOc1ccc(CC(=O)Nc2nc3c(s2)C[NH+](C)CC3)cc1. The van der Waals surface area contributed by atoms with Crippen molar-refractivity contribution in [2.75, 3.05) is 25.5 Å². The summed E-state index contributed by atoms with van der Waals surface area (Å²) in [6.07, 6.45) is 1.34. The highest BCUT2D eigenvalue weighted by Crippen LogP contribution is 2.24. The third kappa shape index (κ3) is 4.09. The molecule has 1 aliphatic heterocycles. The summed E-state index contributed by atoms with van der Waals surface area (Å²) >= 11 is 1.60. The minimum Gasteiger partial charge on any atom is -0.494 e. The number of fused-ring (bicyclic) bond motifs is 1. The monoisotopic (exact) mass is 332 g/mol. The van der Waals surface area contributed by atoms with Crippen molar-refractivity contribution in [1.29, 1.82) is 0 Å². The van der Waals surface area contributed by atoms with E-state index in [9.17, 15) is 4.79 Å². The molecular formula is C17H22N3O2S+. The number of likely N-dealkylation sites (N-methyl/N-ethyl adjacent to an activating group) is 1. The number of thiazole rings is 1. The van der Waals surface area contributed by atoms with Gasteiger partial charge in [-0.25, -0.2) is 4.98 Å². The van der Waals surface area contributed by atoms with Gasteiger partial charge in [-0.05, 0) is 24.6 Å². The molecular weight excluding hydrogens is 310 g/mol. The quantitative estimate of drug-likeness (QED) is 0.868. The minimum atomic E-state index is -0.0269. The minimum absolute atomic E-state index is 0.0269. The maximum absolute atomic E-state index is 12.2. The van der Waals surface area contributed by atoms with Crippen molar-refractivity contribution in [2.45, 2.75) is 26.3 Å². The van der Waals surface area contributed by atoms with Crippen LogP contribution in [0.25, 0.3) is 0 Å². The van der Waals surface area contributed by atoms with Crippen LogP contribution in [0.1, 0.15) is 23.1 Å². The van der Waals surface area contributed by atoms with Gasteiger partial charge in [0.25, 0.3) is 0 Å². The molecule has 2 heterocycles. The van der Waals surface area contributed by atoms with Crippen LogP contribution in [0.2, 0.25) is 0 Å². The molecule has 122 valence electrons. The van der Waals surface area contributed by atoms with E-state index in [0.717, 1.165) is 41.6 Å². The van der Waals surface area contributed by atoms with Gasteiger partial charge in [-0.1, -0.05) is 23.5 Å². The Morgan fingerprint density at radius 3 is 2.91 bits per heavy atom. The normalized spacial score (nSPS) is 16.7. The van der Waals surface area contributed by atoms with E-state index in [1.165, 1.54) is 9.78 Å². The Bertz CT molecular complexity index is 682. The highest BCUT2D eigenvalue weighted by Gasteiger charge is 2.21. The number of amides is 1. The fourth-order valence-electron chi connectivity index (χ4n) is 2.68. The first kappa shape index (κ1) is 16.0. The molecule has 2 N–H and O–H groups in total. The van der Waals surface area contributed by atoms with E-state index in [4.69, 9.17) is 4.74 Å². The first-order valence-electron chi connectivity index (χ1n) is 7.95. The molecule has 0 saturated heterocycles. The second-order valence-electron chi connectivity index (χ2n) is 5.82. The van der Waals surface area contributed by atoms with Gasteiger partial charge in [0, 0.05) is 6.42 Å². The topological polar surface area (TPSA) is 55.7 Å². The molecule has 0 bridgehead atoms. The first-order valence-corrected chi connectivity index (χ1v) is 8.77. The molecule has 0 saturated carbocycles. The second-order valence-corrected chi connectivity index (χ2v) is 6.91. The van der Waals surface area contributed by atoms with Crippen LogP contribution in [-0.2, 0) is 24.2 Å². The van der Waals surface area contributed by atoms with Crippen molar-refractivity contribution < 1.29 is 14.4 Å². The molecule has 1 amide bonds. The van der Waals surface area contributed by atoms with Gasteiger partial charge in [0.05, 0.1) is 37.2 Å². The molecule has 5 nitrogen and oxygen atoms in total. The number of hydrogen-bond donors (Lipinski definition) is 2. The number of nitrogens with zero attached hydrogens (tertiary/aromatic N) is 1. The highest BCUT2D eigenvalue weighted by atomic mass is 32.1. The van der Waals surface area contributed by atoms with Crippen LogP contribution in [0, 0.1) is 0 Å². The van der Waals surface area contributed by atoms with Gasteiger partial charge in [-0.2, -0.15) is 0 Å². The number of aromatic nitrogens is 1. The summed E-state index contributed by atoms with van der Waals surface area (Å²) in [5.74, 6) is 0.803. The number of hydrogen-bond acceptors (Lipinski definition) is 4. The highest BCUT2D eigenvalue weighted by molar-refractivity contribution is 7.15. The molecule has 3 rings (SSSR count). The average molecular weight is 332 g/mol. The fraction of sp³-hybridized carbons (Fsp3) is 0.412. The summed E-state index contributed by atoms with van der Waals surface area (Å²) in [5, 5.41) is 3.65. The van der Waals surface area contributed by atoms with E-state index in [2.05, 4.69) is 17.3 Å². The van der Waals surface area contributed by atoms with Crippen LogP contribution >= 0.6 is 11.3 Å². The van der Waals surface area contributed by atoms with E-state index in [1.807, 2.05) is 31.2 Å². The number of anilines is 1. The van der Waals surface area contributed by atoms with Crippen molar-refractivity contribution in [1.82, 2.24) is 4.98 Å². The molecule has 0 aliphatic carbocycles. The molecule has 1 atom stereocenters. The summed E-state index contributed by atoms with van der Waals surface area (Å²) in [4.78, 5) is 19.5. The van der Waals surface area contributed by atoms with Crippen LogP contribution < -0.4 is 15.0 Å². The number of carbonyl (C=O) groups excluding carboxylic acids is 1. The summed E-state index contributed by atoms with van der Waals surface area (Å²) in [5.41, 5.74) is 2.12. The molecule has 1 aromatic carbocycles. The zero-order chi connectivity index (χ0) is 16.2. The van der Waals surface area contributed by atoms with Gasteiger partial charge in [-0.3, -0.25) is 4.79 Å². The standard InChI is InChI=1S/C17H21N3O2S/c1-3-22-13-6-4-12(5-7-13)10-16(21)19-17-18-14-8-9-20(2)11-15(14)23-17/h4-7H,3,8-11H2,1-2H3,(H,18,19,21)/p+1. The lowest BCUT2D eigenvalue weighted by atomic mass is 10.1. The molecule has 6 heteroatoms. The van der Waals surface area contributed by atoms with Crippen LogP contribution in [-0.4, -0.2) is 31.1 Å². The van der Waals surface area contributed by atoms with Crippen molar-refractivity contribution >= 4 is 22.4 Å². The zero-order valence-corrected chi connectivity index (χ0v) is 14.3. The van der Waals surface area contributed by atoms with Gasteiger partial charge >= 0.3 is 0 Å².